The van der Waals surface area contributed by atoms with Crippen LogP contribution in [-0.2, 0) is 21.4 Å². The van der Waals surface area contributed by atoms with E-state index in [1.54, 1.807) is 0 Å². The second-order valence-electron chi connectivity index (χ2n) is 7.92. The fraction of sp³-hybridized carbons (Fsp3) is 0.737. The molecule has 3 fully saturated rings. The molecule has 2 aliphatic carbocycles. The predicted molar refractivity (Wildman–Crippen MR) is 98.6 cm³/mol. The van der Waals surface area contributed by atoms with Crippen LogP contribution in [0.5, 0.6) is 0 Å². The van der Waals surface area contributed by atoms with Crippen LogP contribution in [-0.4, -0.2) is 38.3 Å². The first-order chi connectivity index (χ1) is 12.6. The molecule has 1 aliphatic heterocycles. The fourth-order valence-electron chi connectivity index (χ4n) is 4.69. The van der Waals surface area contributed by atoms with Crippen LogP contribution in [0.3, 0.4) is 0 Å². The van der Waals surface area contributed by atoms with Crippen LogP contribution in [0.2, 0.25) is 0 Å². The molecule has 7 heteroatoms. The number of hydrogen-bond acceptors (Lipinski definition) is 5. The standard InChI is InChI=1S/C19H27N3O3S/c1-22-11-10-20-18(22)26-14-6-4-13(5-7-14)21-17(24)15-12-16(23)25-19(15)8-2-3-9-19/h10-11,13-15H,2-9,12H2,1H3,(H,21,24). The van der Waals surface area contributed by atoms with Gasteiger partial charge >= 0.3 is 5.97 Å². The normalized spacial score (nSPS) is 30.5. The average Bonchev–Trinajstić information content (AvgIpc) is 3.32. The predicted octanol–water partition coefficient (Wildman–Crippen LogP) is 2.82. The minimum atomic E-state index is -0.508. The number of esters is 1. The highest BCUT2D eigenvalue weighted by Crippen LogP contribution is 2.45. The van der Waals surface area contributed by atoms with Gasteiger partial charge in [0.15, 0.2) is 5.16 Å². The summed E-state index contributed by atoms with van der Waals surface area (Å²) in [6.45, 7) is 0. The molecule has 3 aliphatic rings. The average molecular weight is 378 g/mol. The van der Waals surface area contributed by atoms with E-state index in [-0.39, 0.29) is 30.3 Å². The van der Waals surface area contributed by atoms with E-state index in [9.17, 15) is 9.59 Å². The van der Waals surface area contributed by atoms with E-state index in [1.165, 1.54) is 0 Å². The Morgan fingerprint density at radius 2 is 2.04 bits per heavy atom. The molecule has 1 aromatic rings. The van der Waals surface area contributed by atoms with E-state index in [2.05, 4.69) is 14.9 Å². The van der Waals surface area contributed by atoms with Gasteiger partial charge in [-0.25, -0.2) is 4.98 Å². The molecule has 1 atom stereocenters. The molecule has 0 radical (unpaired) electrons. The van der Waals surface area contributed by atoms with Crippen LogP contribution in [0, 0.1) is 5.92 Å². The Morgan fingerprint density at radius 3 is 2.69 bits per heavy atom. The molecule has 1 unspecified atom stereocenters. The number of amides is 1. The highest BCUT2D eigenvalue weighted by molar-refractivity contribution is 7.99. The van der Waals surface area contributed by atoms with Crippen molar-refractivity contribution in [3.05, 3.63) is 12.4 Å². The number of hydrogen-bond donors (Lipinski definition) is 1. The van der Waals surface area contributed by atoms with Crippen LogP contribution in [0.25, 0.3) is 0 Å². The maximum absolute atomic E-state index is 12.8. The number of aryl methyl sites for hydroxylation is 1. The summed E-state index contributed by atoms with van der Waals surface area (Å²) < 4.78 is 7.66. The van der Waals surface area contributed by atoms with Crippen molar-refractivity contribution in [2.24, 2.45) is 13.0 Å². The molecule has 0 aromatic carbocycles. The molecule has 1 N–H and O–H groups in total. The van der Waals surface area contributed by atoms with E-state index >= 15 is 0 Å². The molecule has 26 heavy (non-hydrogen) atoms. The maximum Gasteiger partial charge on any atom is 0.307 e. The molecule has 1 spiro atoms. The van der Waals surface area contributed by atoms with Gasteiger partial charge in [0.25, 0.3) is 0 Å². The van der Waals surface area contributed by atoms with Crippen molar-refractivity contribution in [3.8, 4) is 0 Å². The Morgan fingerprint density at radius 1 is 1.31 bits per heavy atom. The quantitative estimate of drug-likeness (QED) is 0.817. The third-order valence-electron chi connectivity index (χ3n) is 6.16. The van der Waals surface area contributed by atoms with Crippen LogP contribution in [0.15, 0.2) is 17.6 Å². The van der Waals surface area contributed by atoms with Crippen molar-refractivity contribution in [2.75, 3.05) is 0 Å². The highest BCUT2D eigenvalue weighted by Gasteiger charge is 2.54. The number of thioether (sulfide) groups is 1. The summed E-state index contributed by atoms with van der Waals surface area (Å²) >= 11 is 1.83. The first kappa shape index (κ1) is 17.9. The molecule has 6 nitrogen and oxygen atoms in total. The van der Waals surface area contributed by atoms with Gasteiger partial charge in [-0.05, 0) is 51.4 Å². The van der Waals surface area contributed by atoms with Gasteiger partial charge < -0.3 is 14.6 Å². The second kappa shape index (κ2) is 7.25. The van der Waals surface area contributed by atoms with Gasteiger partial charge in [0.1, 0.15) is 5.60 Å². The lowest BCUT2D eigenvalue weighted by Crippen LogP contribution is -2.47. The molecule has 1 aromatic heterocycles. The monoisotopic (exact) mass is 377 g/mol. The SMILES string of the molecule is Cn1ccnc1SC1CCC(NC(=O)C2CC(=O)OC23CCCC3)CC1. The Labute approximate surface area is 158 Å². The lowest BCUT2D eigenvalue weighted by molar-refractivity contribution is -0.150. The lowest BCUT2D eigenvalue weighted by atomic mass is 9.84. The molecular weight excluding hydrogens is 350 g/mol. The fourth-order valence-corrected chi connectivity index (χ4v) is 5.84. The van der Waals surface area contributed by atoms with Crippen molar-refractivity contribution in [1.29, 1.82) is 0 Å². The summed E-state index contributed by atoms with van der Waals surface area (Å²) in [5, 5.41) is 4.84. The molecular formula is C19H27N3O3S. The summed E-state index contributed by atoms with van der Waals surface area (Å²) in [6.07, 6.45) is 11.9. The minimum absolute atomic E-state index is 0.0259. The summed E-state index contributed by atoms with van der Waals surface area (Å²) in [5.74, 6) is -0.475. The first-order valence-corrected chi connectivity index (χ1v) is 10.6. The zero-order valence-corrected chi connectivity index (χ0v) is 16.1. The molecule has 2 saturated carbocycles. The van der Waals surface area contributed by atoms with E-state index in [0.717, 1.165) is 56.5 Å². The summed E-state index contributed by atoms with van der Waals surface area (Å²) in [4.78, 5) is 29.0. The van der Waals surface area contributed by atoms with E-state index in [0.29, 0.717) is 5.25 Å². The number of nitrogens with one attached hydrogen (secondary N) is 1. The smallest absolute Gasteiger partial charge is 0.307 e. The summed E-state index contributed by atoms with van der Waals surface area (Å²) in [6, 6.07) is 0.217. The van der Waals surface area contributed by atoms with Gasteiger partial charge in [0.2, 0.25) is 5.91 Å². The molecule has 0 bridgehead atoms. The van der Waals surface area contributed by atoms with Crippen LogP contribution < -0.4 is 5.32 Å². The zero-order valence-electron chi connectivity index (χ0n) is 15.3. The minimum Gasteiger partial charge on any atom is -0.458 e. The molecule has 4 rings (SSSR count). The van der Waals surface area contributed by atoms with Crippen molar-refractivity contribution in [1.82, 2.24) is 14.9 Å². The number of rotatable bonds is 4. The van der Waals surface area contributed by atoms with E-state index < -0.39 is 5.60 Å². The number of carbonyl (C=O) groups is 2. The van der Waals surface area contributed by atoms with Gasteiger partial charge in [0, 0.05) is 30.7 Å². The molecule has 2 heterocycles. The third-order valence-corrected chi connectivity index (χ3v) is 7.57. The number of imidazole rings is 1. The number of nitrogens with zero attached hydrogens (tertiary/aromatic N) is 2. The van der Waals surface area contributed by atoms with Crippen LogP contribution >= 0.6 is 11.8 Å². The van der Waals surface area contributed by atoms with Gasteiger partial charge in [-0.3, -0.25) is 9.59 Å². The Bertz CT molecular complexity index is 675. The number of aromatic nitrogens is 2. The molecule has 142 valence electrons. The maximum atomic E-state index is 12.8. The Kier molecular flexibility index (Phi) is 4.99. The first-order valence-electron chi connectivity index (χ1n) is 9.72. The molecule has 1 amide bonds. The lowest BCUT2D eigenvalue weighted by Gasteiger charge is -2.32. The Balaban J connectivity index is 1.29. The van der Waals surface area contributed by atoms with Crippen molar-refractivity contribution in [2.45, 2.75) is 79.8 Å². The van der Waals surface area contributed by atoms with Crippen molar-refractivity contribution in [3.63, 3.8) is 0 Å². The Hall–Kier alpha value is -1.50. The second-order valence-corrected chi connectivity index (χ2v) is 9.19. The highest BCUT2D eigenvalue weighted by atomic mass is 32.2. The van der Waals surface area contributed by atoms with E-state index in [1.807, 2.05) is 31.2 Å². The van der Waals surface area contributed by atoms with Gasteiger partial charge in [-0.15, -0.1) is 0 Å². The van der Waals surface area contributed by atoms with Crippen molar-refractivity contribution >= 4 is 23.6 Å². The van der Waals surface area contributed by atoms with Gasteiger partial charge in [-0.2, -0.15) is 0 Å². The van der Waals surface area contributed by atoms with Gasteiger partial charge in [0.05, 0.1) is 12.3 Å². The van der Waals surface area contributed by atoms with Crippen LogP contribution in [0.1, 0.15) is 57.8 Å². The van der Waals surface area contributed by atoms with E-state index in [4.69, 9.17) is 4.74 Å². The topological polar surface area (TPSA) is 73.2 Å². The largest absolute Gasteiger partial charge is 0.458 e. The van der Waals surface area contributed by atoms with Crippen LogP contribution in [0.4, 0.5) is 0 Å². The summed E-state index contributed by atoms with van der Waals surface area (Å²) in [5.41, 5.74) is -0.508. The van der Waals surface area contributed by atoms with Gasteiger partial charge in [-0.1, -0.05) is 11.8 Å². The van der Waals surface area contributed by atoms with Crippen molar-refractivity contribution < 1.29 is 14.3 Å². The summed E-state index contributed by atoms with van der Waals surface area (Å²) in [7, 11) is 2.02. The zero-order chi connectivity index (χ0) is 18.1. The number of carbonyl (C=O) groups excluding carboxylic acids is 2. The molecule has 1 saturated heterocycles. The third kappa shape index (κ3) is 3.50. The number of ether oxygens (including phenoxy) is 1.